The van der Waals surface area contributed by atoms with E-state index in [1.54, 1.807) is 49.6 Å². The summed E-state index contributed by atoms with van der Waals surface area (Å²) in [6.07, 6.45) is 0.249. The number of carbonyl (C=O) groups is 1. The van der Waals surface area contributed by atoms with E-state index in [0.29, 0.717) is 62.2 Å². The summed E-state index contributed by atoms with van der Waals surface area (Å²) in [6, 6.07) is 15.4. The molecule has 5 rings (SSSR count). The number of hydrogen-bond donors (Lipinski definition) is 0. The first kappa shape index (κ1) is 26.7. The highest BCUT2D eigenvalue weighted by Crippen LogP contribution is 2.26. The first-order chi connectivity index (χ1) is 18.9. The van der Waals surface area contributed by atoms with Crippen LogP contribution in [0.2, 0.25) is 4.47 Å². The fraction of sp³-hybridized carbons (Fsp3) is 0.222. The van der Waals surface area contributed by atoms with Crippen molar-refractivity contribution < 1.29 is 23.4 Å². The normalized spacial score (nSPS) is 11.2. The van der Waals surface area contributed by atoms with Crippen molar-refractivity contribution in [1.29, 1.82) is 0 Å². The van der Waals surface area contributed by atoms with Gasteiger partial charge in [-0.05, 0) is 47.5 Å². The molecule has 9 nitrogen and oxygen atoms in total. The van der Waals surface area contributed by atoms with Crippen LogP contribution < -0.4 is 4.74 Å². The number of halogens is 2. The van der Waals surface area contributed by atoms with Gasteiger partial charge in [0.25, 0.3) is 0 Å². The largest absolute Gasteiger partial charge is 0.470 e. The number of imidazole rings is 1. The van der Waals surface area contributed by atoms with E-state index in [-0.39, 0.29) is 18.8 Å². The number of fused-ring (bicyclic) bond motifs is 1. The zero-order valence-corrected chi connectivity index (χ0v) is 22.6. The van der Waals surface area contributed by atoms with Crippen molar-refractivity contribution in [2.45, 2.75) is 19.6 Å². The van der Waals surface area contributed by atoms with E-state index in [0.717, 1.165) is 5.52 Å². The summed E-state index contributed by atoms with van der Waals surface area (Å²) < 4.78 is 33.4. The summed E-state index contributed by atoms with van der Waals surface area (Å²) in [4.78, 5) is 21.3. The minimum atomic E-state index is -0.438. The second kappa shape index (κ2) is 11.9. The number of rotatable bonds is 10. The summed E-state index contributed by atoms with van der Waals surface area (Å²) in [5, 5.41) is 8.29. The minimum Gasteiger partial charge on any atom is -0.470 e. The fourth-order valence-corrected chi connectivity index (χ4v) is 4.87. The lowest BCUT2D eigenvalue weighted by Gasteiger charge is -2.11. The summed E-state index contributed by atoms with van der Waals surface area (Å²) in [5.74, 6) is 0.208. The second-order valence-corrected chi connectivity index (χ2v) is 10.1. The number of nitrogens with zero attached hydrogens (tertiary/aromatic N) is 5. The molecule has 0 bridgehead atoms. The van der Waals surface area contributed by atoms with Gasteiger partial charge in [0.1, 0.15) is 18.2 Å². The van der Waals surface area contributed by atoms with Gasteiger partial charge in [-0.15, -0.1) is 10.2 Å². The van der Waals surface area contributed by atoms with Crippen LogP contribution in [0.25, 0.3) is 22.3 Å². The van der Waals surface area contributed by atoms with Crippen molar-refractivity contribution in [2.75, 3.05) is 20.8 Å². The lowest BCUT2D eigenvalue weighted by Crippen LogP contribution is -2.10. The van der Waals surface area contributed by atoms with Crippen molar-refractivity contribution >= 4 is 39.9 Å². The number of methoxy groups -OCH3 is 2. The molecule has 0 unspecified atom stereocenters. The number of carbonyl (C=O) groups excluding carboxylic acids is 1. The van der Waals surface area contributed by atoms with Crippen molar-refractivity contribution in [3.63, 3.8) is 0 Å². The molecule has 39 heavy (non-hydrogen) atoms. The average molecular weight is 568 g/mol. The molecule has 0 aliphatic rings. The van der Waals surface area contributed by atoms with Gasteiger partial charge in [0.15, 0.2) is 5.01 Å². The zero-order valence-electron chi connectivity index (χ0n) is 21.1. The molecule has 0 spiro atoms. The Bertz CT molecular complexity index is 1640. The van der Waals surface area contributed by atoms with E-state index in [9.17, 15) is 4.79 Å². The molecule has 0 aliphatic carbocycles. The summed E-state index contributed by atoms with van der Waals surface area (Å²) in [6.45, 7) is 1.10. The molecular weight excluding hydrogens is 545 g/mol. The lowest BCUT2D eigenvalue weighted by atomic mass is 10.1. The van der Waals surface area contributed by atoms with Crippen LogP contribution in [-0.4, -0.2) is 51.5 Å². The van der Waals surface area contributed by atoms with Gasteiger partial charge < -0.3 is 18.8 Å². The van der Waals surface area contributed by atoms with Gasteiger partial charge in [-0.25, -0.2) is 19.2 Å². The Kier molecular flexibility index (Phi) is 8.10. The molecule has 0 N–H and O–H groups in total. The molecule has 0 fully saturated rings. The molecule has 0 atom stereocenters. The van der Waals surface area contributed by atoms with Crippen LogP contribution >= 0.6 is 22.9 Å². The lowest BCUT2D eigenvalue weighted by molar-refractivity contribution is 0.0601. The molecule has 0 radical (unpaired) electrons. The van der Waals surface area contributed by atoms with Gasteiger partial charge in [-0.2, -0.15) is 0 Å². The van der Waals surface area contributed by atoms with Gasteiger partial charge in [0, 0.05) is 31.7 Å². The van der Waals surface area contributed by atoms with Crippen LogP contribution in [0.1, 0.15) is 26.8 Å². The van der Waals surface area contributed by atoms with Gasteiger partial charge in [0.2, 0.25) is 10.3 Å². The third-order valence-electron chi connectivity index (χ3n) is 5.97. The van der Waals surface area contributed by atoms with Crippen LogP contribution in [-0.2, 0) is 29.0 Å². The summed E-state index contributed by atoms with van der Waals surface area (Å²) in [5.41, 5.74) is 3.51. The van der Waals surface area contributed by atoms with E-state index < -0.39 is 5.97 Å². The average Bonchev–Trinajstić information content (AvgIpc) is 3.53. The van der Waals surface area contributed by atoms with E-state index in [2.05, 4.69) is 15.2 Å². The molecular formula is C27H23ClFN5O4S. The third kappa shape index (κ3) is 6.06. The maximum Gasteiger partial charge on any atom is 0.337 e. The van der Waals surface area contributed by atoms with Crippen molar-refractivity contribution in [3.05, 3.63) is 86.8 Å². The highest BCUT2D eigenvalue weighted by molar-refractivity contribution is 7.15. The molecule has 3 aromatic heterocycles. The predicted molar refractivity (Wildman–Crippen MR) is 145 cm³/mol. The van der Waals surface area contributed by atoms with Gasteiger partial charge in [-0.3, -0.25) is 0 Å². The van der Waals surface area contributed by atoms with Crippen LogP contribution in [0.4, 0.5) is 4.39 Å². The first-order valence-electron chi connectivity index (χ1n) is 11.9. The molecule has 0 saturated heterocycles. The maximum atomic E-state index is 15.3. The molecule has 0 saturated carbocycles. The molecule has 200 valence electrons. The number of hydrogen-bond acceptors (Lipinski definition) is 9. The Balaban J connectivity index is 1.38. The second-order valence-electron chi connectivity index (χ2n) is 8.45. The van der Waals surface area contributed by atoms with Crippen LogP contribution in [0.5, 0.6) is 5.88 Å². The SMILES string of the molecule is COCCn1c(Cc2ccc(-c3cccc(OCc4nnc(Cl)s4)n3)cc2F)nc2ccc(C(=O)OC)cc21. The molecule has 2 aromatic carbocycles. The fourth-order valence-electron chi connectivity index (χ4n) is 4.09. The Morgan fingerprint density at radius 2 is 1.95 bits per heavy atom. The summed E-state index contributed by atoms with van der Waals surface area (Å²) >= 11 is 7.04. The molecule has 12 heteroatoms. The maximum absolute atomic E-state index is 15.3. The molecule has 5 aromatic rings. The van der Waals surface area contributed by atoms with E-state index in [1.807, 2.05) is 10.6 Å². The smallest absolute Gasteiger partial charge is 0.337 e. The topological polar surface area (TPSA) is 101 Å². The van der Waals surface area contributed by atoms with Crippen LogP contribution in [0, 0.1) is 5.82 Å². The monoisotopic (exact) mass is 567 g/mol. The van der Waals surface area contributed by atoms with Crippen molar-refractivity contribution in [1.82, 2.24) is 24.7 Å². The summed E-state index contributed by atoms with van der Waals surface area (Å²) in [7, 11) is 2.94. The standard InChI is InChI=1S/C27H23ClFN5O4S/c1-36-11-10-34-22-13-18(26(35)37-2)8-9-21(22)30-23(34)14-16-6-7-17(12-19(16)29)20-4-3-5-24(31-20)38-15-25-32-33-27(28)39-25/h3-9,12-13H,10-11,14-15H2,1-2H3. The number of esters is 1. The number of benzene rings is 2. The van der Waals surface area contributed by atoms with E-state index in [1.165, 1.54) is 24.5 Å². The number of aromatic nitrogens is 5. The van der Waals surface area contributed by atoms with Gasteiger partial charge in [-0.1, -0.05) is 29.5 Å². The van der Waals surface area contributed by atoms with Gasteiger partial charge >= 0.3 is 5.97 Å². The molecule has 3 heterocycles. The first-order valence-corrected chi connectivity index (χ1v) is 13.1. The quantitative estimate of drug-likeness (QED) is 0.208. The van der Waals surface area contributed by atoms with Crippen LogP contribution in [0.15, 0.2) is 54.6 Å². The van der Waals surface area contributed by atoms with Gasteiger partial charge in [0.05, 0.1) is 36.0 Å². The number of pyridine rings is 1. The Morgan fingerprint density at radius 1 is 1.08 bits per heavy atom. The number of ether oxygens (including phenoxy) is 3. The highest BCUT2D eigenvalue weighted by atomic mass is 35.5. The Labute approximate surface area is 232 Å². The Hall–Kier alpha value is -3.93. The molecule has 0 aliphatic heterocycles. The minimum absolute atomic E-state index is 0.180. The zero-order chi connectivity index (χ0) is 27.4. The van der Waals surface area contributed by atoms with Crippen molar-refractivity contribution in [2.24, 2.45) is 0 Å². The van der Waals surface area contributed by atoms with E-state index >= 15 is 4.39 Å². The Morgan fingerprint density at radius 3 is 2.69 bits per heavy atom. The third-order valence-corrected chi connectivity index (χ3v) is 6.97. The predicted octanol–water partition coefficient (Wildman–Crippen LogP) is 5.35. The van der Waals surface area contributed by atoms with Crippen LogP contribution in [0.3, 0.4) is 0 Å². The van der Waals surface area contributed by atoms with E-state index in [4.69, 9.17) is 30.8 Å². The highest BCUT2D eigenvalue weighted by Gasteiger charge is 2.17. The van der Waals surface area contributed by atoms with Crippen molar-refractivity contribution in [3.8, 4) is 17.1 Å². The molecule has 0 amide bonds.